The SMILES string of the molecule is Cc1ccc(OCC(=O)Nc2nonc2NC(=O)COc2ccc(C)cc2C)c(C)c1. The van der Waals surface area contributed by atoms with Gasteiger partial charge in [0.2, 0.25) is 11.6 Å². The van der Waals surface area contributed by atoms with Crippen molar-refractivity contribution in [2.45, 2.75) is 27.7 Å². The third kappa shape index (κ3) is 6.05. The van der Waals surface area contributed by atoms with Crippen molar-refractivity contribution >= 4 is 23.5 Å². The van der Waals surface area contributed by atoms with Gasteiger partial charge < -0.3 is 20.1 Å². The molecule has 3 rings (SSSR count). The Bertz CT molecular complexity index is 1010. The summed E-state index contributed by atoms with van der Waals surface area (Å²) in [7, 11) is 0. The van der Waals surface area contributed by atoms with Gasteiger partial charge in [-0.2, -0.15) is 0 Å². The van der Waals surface area contributed by atoms with Crippen molar-refractivity contribution in [2.75, 3.05) is 23.8 Å². The van der Waals surface area contributed by atoms with Crippen LogP contribution in [0.5, 0.6) is 11.5 Å². The number of benzene rings is 2. The fourth-order valence-corrected chi connectivity index (χ4v) is 2.90. The number of amides is 2. The molecule has 1 aromatic heterocycles. The molecule has 2 N–H and O–H groups in total. The molecule has 0 aliphatic heterocycles. The second-order valence-corrected chi connectivity index (χ2v) is 7.17. The molecule has 0 spiro atoms. The van der Waals surface area contributed by atoms with Crippen LogP contribution in [0.4, 0.5) is 11.6 Å². The van der Waals surface area contributed by atoms with Crippen molar-refractivity contribution in [1.82, 2.24) is 10.3 Å². The molecule has 9 nitrogen and oxygen atoms in total. The minimum absolute atomic E-state index is 0.0194. The van der Waals surface area contributed by atoms with Crippen molar-refractivity contribution in [1.29, 1.82) is 0 Å². The molecule has 0 unspecified atom stereocenters. The lowest BCUT2D eigenvalue weighted by Gasteiger charge is -2.10. The Labute approximate surface area is 179 Å². The van der Waals surface area contributed by atoms with Crippen LogP contribution in [-0.2, 0) is 9.59 Å². The van der Waals surface area contributed by atoms with Gasteiger partial charge in [-0.15, -0.1) is 0 Å². The number of aromatic nitrogens is 2. The summed E-state index contributed by atoms with van der Waals surface area (Å²) in [6.07, 6.45) is 0. The van der Waals surface area contributed by atoms with Crippen molar-refractivity contribution in [3.63, 3.8) is 0 Å². The highest BCUT2D eigenvalue weighted by Crippen LogP contribution is 2.20. The van der Waals surface area contributed by atoms with E-state index in [2.05, 4.69) is 25.6 Å². The van der Waals surface area contributed by atoms with Gasteiger partial charge in [0.25, 0.3) is 11.8 Å². The molecule has 31 heavy (non-hydrogen) atoms. The van der Waals surface area contributed by atoms with E-state index in [1.807, 2.05) is 52.0 Å². The highest BCUT2D eigenvalue weighted by atomic mass is 16.6. The van der Waals surface area contributed by atoms with Gasteiger partial charge >= 0.3 is 0 Å². The summed E-state index contributed by atoms with van der Waals surface area (Å²) >= 11 is 0. The van der Waals surface area contributed by atoms with Crippen LogP contribution >= 0.6 is 0 Å². The molecule has 9 heteroatoms. The van der Waals surface area contributed by atoms with Crippen LogP contribution in [0.3, 0.4) is 0 Å². The van der Waals surface area contributed by atoms with Crippen molar-refractivity contribution in [3.05, 3.63) is 58.7 Å². The number of hydrogen-bond donors (Lipinski definition) is 2. The predicted octanol–water partition coefficient (Wildman–Crippen LogP) is 3.34. The summed E-state index contributed by atoms with van der Waals surface area (Å²) in [6.45, 7) is 7.28. The van der Waals surface area contributed by atoms with Crippen molar-refractivity contribution in [2.24, 2.45) is 0 Å². The van der Waals surface area contributed by atoms with E-state index in [9.17, 15) is 9.59 Å². The number of ether oxygens (including phenoxy) is 2. The van der Waals surface area contributed by atoms with E-state index in [1.165, 1.54) is 0 Å². The maximum atomic E-state index is 12.2. The number of carbonyl (C=O) groups is 2. The van der Waals surface area contributed by atoms with Crippen LogP contribution in [-0.4, -0.2) is 35.3 Å². The third-order valence-electron chi connectivity index (χ3n) is 4.38. The molecule has 0 fully saturated rings. The molecular formula is C22H24N4O5. The van der Waals surface area contributed by atoms with Gasteiger partial charge in [0.1, 0.15) is 11.5 Å². The number of rotatable bonds is 8. The molecule has 0 atom stereocenters. The first-order valence-electron chi connectivity index (χ1n) is 9.64. The van der Waals surface area contributed by atoms with E-state index in [4.69, 9.17) is 9.47 Å². The molecule has 0 aliphatic carbocycles. The first-order chi connectivity index (χ1) is 14.8. The zero-order valence-corrected chi connectivity index (χ0v) is 17.8. The molecule has 0 bridgehead atoms. The zero-order valence-electron chi connectivity index (χ0n) is 17.8. The Balaban J connectivity index is 1.51. The van der Waals surface area contributed by atoms with E-state index >= 15 is 0 Å². The Morgan fingerprint density at radius 3 is 1.58 bits per heavy atom. The lowest BCUT2D eigenvalue weighted by molar-refractivity contribution is -0.119. The number of carbonyl (C=O) groups excluding carboxylic acids is 2. The highest BCUT2D eigenvalue weighted by molar-refractivity contribution is 5.98. The standard InChI is InChI=1S/C22H24N4O5/c1-13-5-7-17(15(3)9-13)29-11-19(27)23-21-22(26-31-25-21)24-20(28)12-30-18-8-6-14(2)10-16(18)4/h5-10H,11-12H2,1-4H3,(H,23,25,27)(H,24,26,28). The maximum Gasteiger partial charge on any atom is 0.263 e. The van der Waals surface area contributed by atoms with Gasteiger partial charge in [-0.05, 0) is 61.3 Å². The maximum absolute atomic E-state index is 12.2. The van der Waals surface area contributed by atoms with Gasteiger partial charge in [0.15, 0.2) is 13.2 Å². The Hall–Kier alpha value is -3.88. The molecule has 162 valence electrons. The molecule has 2 amide bonds. The molecule has 1 heterocycles. The van der Waals surface area contributed by atoms with E-state index in [0.717, 1.165) is 22.3 Å². The van der Waals surface area contributed by atoms with E-state index in [0.29, 0.717) is 11.5 Å². The Kier molecular flexibility index (Phi) is 6.86. The van der Waals surface area contributed by atoms with Gasteiger partial charge in [-0.3, -0.25) is 9.59 Å². The molecular weight excluding hydrogens is 400 g/mol. The fraction of sp³-hybridized carbons (Fsp3) is 0.273. The highest BCUT2D eigenvalue weighted by Gasteiger charge is 2.17. The van der Waals surface area contributed by atoms with Crippen LogP contribution in [0.15, 0.2) is 41.0 Å². The molecule has 0 radical (unpaired) electrons. The molecule has 3 aromatic rings. The van der Waals surface area contributed by atoms with E-state index in [-0.39, 0.29) is 24.8 Å². The normalized spacial score (nSPS) is 10.5. The molecule has 0 saturated heterocycles. The summed E-state index contributed by atoms with van der Waals surface area (Å²) in [5, 5.41) is 12.2. The Morgan fingerprint density at radius 2 is 1.19 bits per heavy atom. The molecule has 0 saturated carbocycles. The van der Waals surface area contributed by atoms with Crippen LogP contribution in [0, 0.1) is 27.7 Å². The number of nitrogens with zero attached hydrogens (tertiary/aromatic N) is 2. The first-order valence-corrected chi connectivity index (χ1v) is 9.64. The third-order valence-corrected chi connectivity index (χ3v) is 4.38. The summed E-state index contributed by atoms with van der Waals surface area (Å²) in [5.74, 6) is 0.228. The van der Waals surface area contributed by atoms with Gasteiger partial charge in [-0.1, -0.05) is 35.4 Å². The average Bonchev–Trinajstić information content (AvgIpc) is 3.13. The van der Waals surface area contributed by atoms with Crippen molar-refractivity contribution in [3.8, 4) is 11.5 Å². The lowest BCUT2D eigenvalue weighted by Crippen LogP contribution is -2.24. The van der Waals surface area contributed by atoms with Crippen LogP contribution in [0.2, 0.25) is 0 Å². The second kappa shape index (κ2) is 9.75. The minimum Gasteiger partial charge on any atom is -0.483 e. The topological polar surface area (TPSA) is 116 Å². The van der Waals surface area contributed by atoms with Crippen LogP contribution in [0.25, 0.3) is 0 Å². The van der Waals surface area contributed by atoms with E-state index in [1.54, 1.807) is 12.1 Å². The number of hydrogen-bond acceptors (Lipinski definition) is 7. The monoisotopic (exact) mass is 424 g/mol. The first kappa shape index (κ1) is 21.8. The Morgan fingerprint density at radius 1 is 0.774 bits per heavy atom. The minimum atomic E-state index is -0.474. The molecule has 0 aliphatic rings. The number of anilines is 2. The zero-order chi connectivity index (χ0) is 22.4. The average molecular weight is 424 g/mol. The van der Waals surface area contributed by atoms with Gasteiger partial charge in [0.05, 0.1) is 0 Å². The van der Waals surface area contributed by atoms with Gasteiger partial charge in [-0.25, -0.2) is 4.63 Å². The molecule has 2 aromatic carbocycles. The second-order valence-electron chi connectivity index (χ2n) is 7.17. The summed E-state index contributed by atoms with van der Waals surface area (Å²) in [6, 6.07) is 11.3. The smallest absolute Gasteiger partial charge is 0.263 e. The summed E-state index contributed by atoms with van der Waals surface area (Å²) < 4.78 is 15.7. The number of nitrogens with one attached hydrogen (secondary N) is 2. The van der Waals surface area contributed by atoms with Crippen LogP contribution in [0.1, 0.15) is 22.3 Å². The van der Waals surface area contributed by atoms with Crippen LogP contribution < -0.4 is 20.1 Å². The summed E-state index contributed by atoms with van der Waals surface area (Å²) in [4.78, 5) is 24.4. The largest absolute Gasteiger partial charge is 0.483 e. The lowest BCUT2D eigenvalue weighted by atomic mass is 10.1. The van der Waals surface area contributed by atoms with Gasteiger partial charge in [0, 0.05) is 0 Å². The van der Waals surface area contributed by atoms with E-state index < -0.39 is 11.8 Å². The van der Waals surface area contributed by atoms with Crippen molar-refractivity contribution < 1.29 is 23.7 Å². The fourth-order valence-electron chi connectivity index (χ4n) is 2.90. The summed E-state index contributed by atoms with van der Waals surface area (Å²) in [5.41, 5.74) is 4.05. The number of aryl methyl sites for hydroxylation is 4. The quantitative estimate of drug-likeness (QED) is 0.570. The predicted molar refractivity (Wildman–Crippen MR) is 114 cm³/mol.